The Kier molecular flexibility index (Phi) is 1.58. The Morgan fingerprint density at radius 2 is 2.45 bits per heavy atom. The topological polar surface area (TPSA) is 51.8 Å². The van der Waals surface area contributed by atoms with Gasteiger partial charge in [-0.2, -0.15) is 0 Å². The fourth-order valence-electron chi connectivity index (χ4n) is 1.37. The van der Waals surface area contributed by atoms with Crippen LogP contribution in [0.5, 0.6) is 0 Å². The zero-order valence-corrected chi connectivity index (χ0v) is 6.27. The van der Waals surface area contributed by atoms with Gasteiger partial charge in [0.05, 0.1) is 5.69 Å². The number of nitrogens with zero attached hydrogens (tertiary/aromatic N) is 2. The van der Waals surface area contributed by atoms with Crippen LogP contribution in [0.4, 0.5) is 0 Å². The van der Waals surface area contributed by atoms with Crippen LogP contribution in [0.15, 0.2) is 18.6 Å². The molecule has 0 spiro atoms. The Labute approximate surface area is 65.7 Å². The normalized spacial score (nSPS) is 28.5. The SMILES string of the molecule is NCC1CC1c1cnccn1. The van der Waals surface area contributed by atoms with Gasteiger partial charge < -0.3 is 5.73 Å². The molecule has 1 heterocycles. The van der Waals surface area contributed by atoms with Gasteiger partial charge in [-0.15, -0.1) is 0 Å². The molecule has 0 aliphatic heterocycles. The predicted molar refractivity (Wildman–Crippen MR) is 41.9 cm³/mol. The van der Waals surface area contributed by atoms with Gasteiger partial charge in [0.25, 0.3) is 0 Å². The molecule has 0 amide bonds. The Hall–Kier alpha value is -0.960. The van der Waals surface area contributed by atoms with Crippen LogP contribution in [-0.4, -0.2) is 16.5 Å². The van der Waals surface area contributed by atoms with Gasteiger partial charge in [0.2, 0.25) is 0 Å². The lowest BCUT2D eigenvalue weighted by atomic mass is 10.2. The van der Waals surface area contributed by atoms with Crippen molar-refractivity contribution in [2.45, 2.75) is 12.3 Å². The molecule has 0 saturated heterocycles. The van der Waals surface area contributed by atoms with Crippen molar-refractivity contribution in [1.82, 2.24) is 9.97 Å². The van der Waals surface area contributed by atoms with E-state index in [1.54, 1.807) is 12.4 Å². The third-order valence-electron chi connectivity index (χ3n) is 2.19. The van der Waals surface area contributed by atoms with Crippen LogP contribution in [0.1, 0.15) is 18.0 Å². The minimum absolute atomic E-state index is 0.591. The van der Waals surface area contributed by atoms with Crippen LogP contribution >= 0.6 is 0 Å². The summed E-state index contributed by atoms with van der Waals surface area (Å²) in [4.78, 5) is 8.23. The summed E-state index contributed by atoms with van der Waals surface area (Å²) in [6.07, 6.45) is 6.46. The number of hydrogen-bond acceptors (Lipinski definition) is 3. The van der Waals surface area contributed by atoms with E-state index >= 15 is 0 Å². The Balaban J connectivity index is 2.09. The number of nitrogens with two attached hydrogens (primary N) is 1. The van der Waals surface area contributed by atoms with Crippen LogP contribution in [0.3, 0.4) is 0 Å². The van der Waals surface area contributed by atoms with Gasteiger partial charge in [0.15, 0.2) is 0 Å². The van der Waals surface area contributed by atoms with Gasteiger partial charge in [-0.3, -0.25) is 9.97 Å². The third kappa shape index (κ3) is 1.24. The second-order valence-electron chi connectivity index (χ2n) is 2.97. The average molecular weight is 149 g/mol. The van der Waals surface area contributed by atoms with Crippen LogP contribution < -0.4 is 5.73 Å². The van der Waals surface area contributed by atoms with Gasteiger partial charge in [0.1, 0.15) is 0 Å². The van der Waals surface area contributed by atoms with Crippen molar-refractivity contribution >= 4 is 0 Å². The molecule has 1 aromatic heterocycles. The molecule has 2 rings (SSSR count). The van der Waals surface area contributed by atoms with Crippen LogP contribution in [0.25, 0.3) is 0 Å². The van der Waals surface area contributed by atoms with Gasteiger partial charge in [-0.1, -0.05) is 0 Å². The lowest BCUT2D eigenvalue weighted by Crippen LogP contribution is -2.02. The van der Waals surface area contributed by atoms with E-state index in [0.29, 0.717) is 11.8 Å². The van der Waals surface area contributed by atoms with Gasteiger partial charge in [-0.25, -0.2) is 0 Å². The summed E-state index contributed by atoms with van der Waals surface area (Å²) in [7, 11) is 0. The van der Waals surface area contributed by atoms with Crippen molar-refractivity contribution in [2.75, 3.05) is 6.54 Å². The summed E-state index contributed by atoms with van der Waals surface area (Å²) < 4.78 is 0. The van der Waals surface area contributed by atoms with Crippen molar-refractivity contribution < 1.29 is 0 Å². The molecule has 11 heavy (non-hydrogen) atoms. The molecule has 1 aromatic rings. The zero-order valence-electron chi connectivity index (χ0n) is 6.27. The van der Waals surface area contributed by atoms with Gasteiger partial charge in [0, 0.05) is 24.5 Å². The quantitative estimate of drug-likeness (QED) is 0.667. The summed E-state index contributed by atoms with van der Waals surface area (Å²) in [5, 5.41) is 0. The average Bonchev–Trinajstić information content (AvgIpc) is 2.85. The van der Waals surface area contributed by atoms with Crippen molar-refractivity contribution in [3.63, 3.8) is 0 Å². The summed E-state index contributed by atoms with van der Waals surface area (Å²) in [6.45, 7) is 0.779. The zero-order chi connectivity index (χ0) is 7.68. The number of aromatic nitrogens is 2. The third-order valence-corrected chi connectivity index (χ3v) is 2.19. The largest absolute Gasteiger partial charge is 0.330 e. The summed E-state index contributed by atoms with van der Waals surface area (Å²) in [5.74, 6) is 1.25. The molecule has 58 valence electrons. The van der Waals surface area contributed by atoms with Crippen LogP contribution in [0, 0.1) is 5.92 Å². The lowest BCUT2D eigenvalue weighted by molar-refractivity contribution is 0.793. The van der Waals surface area contributed by atoms with Crippen molar-refractivity contribution in [1.29, 1.82) is 0 Å². The summed E-state index contributed by atoms with van der Waals surface area (Å²) in [6, 6.07) is 0. The Morgan fingerprint density at radius 3 is 3.00 bits per heavy atom. The molecule has 1 fully saturated rings. The molecule has 0 aromatic carbocycles. The van der Waals surface area contributed by atoms with Crippen molar-refractivity contribution in [3.8, 4) is 0 Å². The second kappa shape index (κ2) is 2.58. The maximum absolute atomic E-state index is 5.51. The van der Waals surface area contributed by atoms with E-state index < -0.39 is 0 Å². The molecular formula is C8H11N3. The van der Waals surface area contributed by atoms with E-state index in [4.69, 9.17) is 5.73 Å². The molecule has 0 radical (unpaired) electrons. The molecule has 1 aliphatic carbocycles. The standard InChI is InChI=1S/C8H11N3/c9-4-6-3-7(6)8-5-10-1-2-11-8/h1-2,5-7H,3-4,9H2. The smallest absolute Gasteiger partial charge is 0.0620 e. The lowest BCUT2D eigenvalue weighted by Gasteiger charge is -1.94. The van der Waals surface area contributed by atoms with Gasteiger partial charge >= 0.3 is 0 Å². The molecule has 0 bridgehead atoms. The van der Waals surface area contributed by atoms with Crippen LogP contribution in [0.2, 0.25) is 0 Å². The Bertz CT molecular complexity index is 234. The minimum Gasteiger partial charge on any atom is -0.330 e. The first kappa shape index (κ1) is 6.73. The fraction of sp³-hybridized carbons (Fsp3) is 0.500. The highest BCUT2D eigenvalue weighted by atomic mass is 14.8. The maximum atomic E-state index is 5.51. The first-order valence-corrected chi connectivity index (χ1v) is 3.88. The van der Waals surface area contributed by atoms with E-state index in [2.05, 4.69) is 9.97 Å². The first-order valence-electron chi connectivity index (χ1n) is 3.88. The second-order valence-corrected chi connectivity index (χ2v) is 2.97. The number of hydrogen-bond donors (Lipinski definition) is 1. The monoisotopic (exact) mass is 149 g/mol. The summed E-state index contributed by atoms with van der Waals surface area (Å²) >= 11 is 0. The molecule has 2 N–H and O–H groups in total. The van der Waals surface area contributed by atoms with E-state index in [0.717, 1.165) is 12.2 Å². The van der Waals surface area contributed by atoms with Crippen molar-refractivity contribution in [3.05, 3.63) is 24.3 Å². The molecule has 2 atom stereocenters. The highest BCUT2D eigenvalue weighted by Crippen LogP contribution is 2.45. The fourth-order valence-corrected chi connectivity index (χ4v) is 1.37. The summed E-state index contributed by atoms with van der Waals surface area (Å²) in [5.41, 5.74) is 6.61. The highest BCUT2D eigenvalue weighted by Gasteiger charge is 2.37. The molecule has 1 aliphatic rings. The molecule has 2 unspecified atom stereocenters. The highest BCUT2D eigenvalue weighted by molar-refractivity contribution is 5.14. The van der Waals surface area contributed by atoms with E-state index in [1.807, 2.05) is 6.20 Å². The van der Waals surface area contributed by atoms with E-state index in [1.165, 1.54) is 6.42 Å². The minimum atomic E-state index is 0.591. The molecule has 3 nitrogen and oxygen atoms in total. The van der Waals surface area contributed by atoms with E-state index in [9.17, 15) is 0 Å². The number of rotatable bonds is 2. The van der Waals surface area contributed by atoms with Gasteiger partial charge in [-0.05, 0) is 18.9 Å². The molecular weight excluding hydrogens is 138 g/mol. The molecule has 3 heteroatoms. The maximum Gasteiger partial charge on any atom is 0.0620 e. The van der Waals surface area contributed by atoms with Crippen LogP contribution in [-0.2, 0) is 0 Å². The Morgan fingerprint density at radius 1 is 1.55 bits per heavy atom. The van der Waals surface area contributed by atoms with E-state index in [-0.39, 0.29) is 0 Å². The predicted octanol–water partition coefficient (Wildman–Crippen LogP) is 0.539. The van der Waals surface area contributed by atoms with Crippen molar-refractivity contribution in [2.24, 2.45) is 11.7 Å². The first-order chi connectivity index (χ1) is 5.42. The molecule has 1 saturated carbocycles.